The number of carbonyl (C=O) groups excluding carboxylic acids is 1. The molecule has 1 fully saturated rings. The van der Waals surface area contributed by atoms with Gasteiger partial charge in [0.2, 0.25) is 5.91 Å². The van der Waals surface area contributed by atoms with E-state index in [9.17, 15) is 9.90 Å². The fourth-order valence-corrected chi connectivity index (χ4v) is 1.63. The molecule has 1 saturated heterocycles. The van der Waals surface area contributed by atoms with E-state index < -0.39 is 6.10 Å². The van der Waals surface area contributed by atoms with Crippen LogP contribution in [-0.2, 0) is 11.3 Å². The van der Waals surface area contributed by atoms with Crippen LogP contribution in [0.15, 0.2) is 22.8 Å². The van der Waals surface area contributed by atoms with Crippen molar-refractivity contribution in [3.8, 4) is 0 Å². The Labute approximate surface area is 87.5 Å². The van der Waals surface area contributed by atoms with E-state index in [1.807, 2.05) is 0 Å². The molecule has 5 heteroatoms. The van der Waals surface area contributed by atoms with Gasteiger partial charge in [-0.25, -0.2) is 0 Å². The van der Waals surface area contributed by atoms with Gasteiger partial charge in [-0.05, 0) is 18.6 Å². The summed E-state index contributed by atoms with van der Waals surface area (Å²) in [6.07, 6.45) is 1.63. The van der Waals surface area contributed by atoms with Crippen molar-refractivity contribution in [1.29, 1.82) is 0 Å². The lowest BCUT2D eigenvalue weighted by Crippen LogP contribution is -2.39. The van der Waals surface area contributed by atoms with Crippen LogP contribution in [-0.4, -0.2) is 29.7 Å². The standard InChI is InChI=1S/C10H14N2O3/c13-7-4-9(11-5-7)10(14)12-6-8-2-1-3-15-8/h1-3,7,9,11,13H,4-6H2,(H,12,14)/t7-,9+/m0/s1. The molecule has 0 aliphatic carbocycles. The molecule has 15 heavy (non-hydrogen) atoms. The molecule has 5 nitrogen and oxygen atoms in total. The number of aliphatic hydroxyl groups is 1. The Morgan fingerprint density at radius 3 is 3.20 bits per heavy atom. The van der Waals surface area contributed by atoms with E-state index in [4.69, 9.17) is 4.42 Å². The maximum absolute atomic E-state index is 11.6. The van der Waals surface area contributed by atoms with Crippen LogP contribution in [0, 0.1) is 0 Å². The predicted molar refractivity (Wildman–Crippen MR) is 53.0 cm³/mol. The van der Waals surface area contributed by atoms with Gasteiger partial charge in [0.05, 0.1) is 25.0 Å². The quantitative estimate of drug-likeness (QED) is 0.635. The van der Waals surface area contributed by atoms with E-state index in [1.165, 1.54) is 0 Å². The molecule has 2 rings (SSSR count). The van der Waals surface area contributed by atoms with E-state index in [2.05, 4.69) is 10.6 Å². The van der Waals surface area contributed by atoms with Crippen molar-refractivity contribution in [3.63, 3.8) is 0 Å². The Morgan fingerprint density at radius 2 is 2.60 bits per heavy atom. The van der Waals surface area contributed by atoms with Crippen LogP contribution in [0.2, 0.25) is 0 Å². The molecule has 1 aromatic rings. The monoisotopic (exact) mass is 210 g/mol. The molecule has 0 aromatic carbocycles. The molecule has 3 N–H and O–H groups in total. The molecule has 1 aromatic heterocycles. The molecule has 82 valence electrons. The maximum Gasteiger partial charge on any atom is 0.237 e. The molecule has 1 amide bonds. The Kier molecular flexibility index (Phi) is 3.03. The molecule has 0 saturated carbocycles. The first-order valence-corrected chi connectivity index (χ1v) is 4.97. The molecule has 1 aliphatic heterocycles. The van der Waals surface area contributed by atoms with Gasteiger partial charge in [0.1, 0.15) is 5.76 Å². The van der Waals surface area contributed by atoms with E-state index in [-0.39, 0.29) is 11.9 Å². The lowest BCUT2D eigenvalue weighted by molar-refractivity contribution is -0.123. The molecule has 0 radical (unpaired) electrons. The highest BCUT2D eigenvalue weighted by Gasteiger charge is 2.27. The van der Waals surface area contributed by atoms with E-state index in [0.717, 1.165) is 5.76 Å². The van der Waals surface area contributed by atoms with Gasteiger partial charge in [-0.2, -0.15) is 0 Å². The van der Waals surface area contributed by atoms with Crippen molar-refractivity contribution < 1.29 is 14.3 Å². The van der Waals surface area contributed by atoms with Gasteiger partial charge < -0.3 is 20.2 Å². The molecule has 0 unspecified atom stereocenters. The number of β-amino-alcohol motifs (C(OH)–C–C–N with tert-alkyl or cyclic N) is 1. The van der Waals surface area contributed by atoms with Gasteiger partial charge >= 0.3 is 0 Å². The van der Waals surface area contributed by atoms with Crippen LogP contribution in [0.25, 0.3) is 0 Å². The summed E-state index contributed by atoms with van der Waals surface area (Å²) < 4.78 is 5.08. The third-order valence-corrected chi connectivity index (χ3v) is 2.44. The summed E-state index contributed by atoms with van der Waals surface area (Å²) in [7, 11) is 0. The van der Waals surface area contributed by atoms with Crippen molar-refractivity contribution >= 4 is 5.91 Å². The molecule has 2 heterocycles. The second-order valence-electron chi connectivity index (χ2n) is 3.65. The average molecular weight is 210 g/mol. The zero-order valence-corrected chi connectivity index (χ0v) is 8.27. The summed E-state index contributed by atoms with van der Waals surface area (Å²) in [6, 6.07) is 3.30. The smallest absolute Gasteiger partial charge is 0.237 e. The highest BCUT2D eigenvalue weighted by molar-refractivity contribution is 5.82. The van der Waals surface area contributed by atoms with Crippen molar-refractivity contribution in [3.05, 3.63) is 24.2 Å². The highest BCUT2D eigenvalue weighted by Crippen LogP contribution is 2.06. The zero-order valence-electron chi connectivity index (χ0n) is 8.27. The van der Waals surface area contributed by atoms with Gasteiger partial charge in [0.15, 0.2) is 0 Å². The first kappa shape index (κ1) is 10.2. The lowest BCUT2D eigenvalue weighted by Gasteiger charge is -2.09. The molecule has 1 aliphatic rings. The summed E-state index contributed by atoms with van der Waals surface area (Å²) in [6.45, 7) is 0.874. The van der Waals surface area contributed by atoms with Gasteiger partial charge in [0, 0.05) is 6.54 Å². The number of furan rings is 1. The van der Waals surface area contributed by atoms with Gasteiger partial charge in [0.25, 0.3) is 0 Å². The van der Waals surface area contributed by atoms with Crippen molar-refractivity contribution in [2.45, 2.75) is 25.1 Å². The van der Waals surface area contributed by atoms with Crippen molar-refractivity contribution in [2.24, 2.45) is 0 Å². The molecule has 0 bridgehead atoms. The Hall–Kier alpha value is -1.33. The second-order valence-corrected chi connectivity index (χ2v) is 3.65. The number of carbonyl (C=O) groups is 1. The number of aliphatic hydroxyl groups excluding tert-OH is 1. The number of hydrogen-bond acceptors (Lipinski definition) is 4. The molecular weight excluding hydrogens is 196 g/mol. The van der Waals surface area contributed by atoms with E-state index >= 15 is 0 Å². The summed E-state index contributed by atoms with van der Waals surface area (Å²) in [5, 5.41) is 14.9. The van der Waals surface area contributed by atoms with Crippen LogP contribution in [0.1, 0.15) is 12.2 Å². The van der Waals surface area contributed by atoms with Crippen LogP contribution < -0.4 is 10.6 Å². The van der Waals surface area contributed by atoms with E-state index in [1.54, 1.807) is 18.4 Å². The minimum Gasteiger partial charge on any atom is -0.467 e. The lowest BCUT2D eigenvalue weighted by atomic mass is 10.2. The SMILES string of the molecule is O=C(NCc1ccco1)[C@H]1C[C@H](O)CN1. The first-order valence-electron chi connectivity index (χ1n) is 4.97. The zero-order chi connectivity index (χ0) is 10.7. The van der Waals surface area contributed by atoms with Gasteiger partial charge in [-0.3, -0.25) is 4.79 Å². The highest BCUT2D eigenvalue weighted by atomic mass is 16.3. The van der Waals surface area contributed by atoms with Gasteiger partial charge in [-0.15, -0.1) is 0 Å². The average Bonchev–Trinajstić information content (AvgIpc) is 2.84. The minimum atomic E-state index is -0.413. The fourth-order valence-electron chi connectivity index (χ4n) is 1.63. The topological polar surface area (TPSA) is 74.5 Å². The number of rotatable bonds is 3. The molecule has 2 atom stereocenters. The number of nitrogens with one attached hydrogen (secondary N) is 2. The van der Waals surface area contributed by atoms with Crippen LogP contribution in [0.4, 0.5) is 0 Å². The number of hydrogen-bond donors (Lipinski definition) is 3. The Bertz CT molecular complexity index is 323. The van der Waals surface area contributed by atoms with Crippen LogP contribution >= 0.6 is 0 Å². The Morgan fingerprint density at radius 1 is 1.73 bits per heavy atom. The summed E-state index contributed by atoms with van der Waals surface area (Å²) in [5.74, 6) is 0.629. The molecule has 0 spiro atoms. The summed E-state index contributed by atoms with van der Waals surface area (Å²) >= 11 is 0. The third-order valence-electron chi connectivity index (χ3n) is 2.44. The van der Waals surface area contributed by atoms with Crippen molar-refractivity contribution in [1.82, 2.24) is 10.6 Å². The van der Waals surface area contributed by atoms with E-state index in [0.29, 0.717) is 19.5 Å². The second kappa shape index (κ2) is 4.46. The predicted octanol–water partition coefficient (Wildman–Crippen LogP) is -0.381. The number of amides is 1. The summed E-state index contributed by atoms with van der Waals surface area (Å²) in [4.78, 5) is 11.6. The Balaban J connectivity index is 1.78. The maximum atomic E-state index is 11.6. The molecular formula is C10H14N2O3. The van der Waals surface area contributed by atoms with Crippen molar-refractivity contribution in [2.75, 3.05) is 6.54 Å². The normalized spacial score (nSPS) is 25.4. The van der Waals surface area contributed by atoms with Gasteiger partial charge in [-0.1, -0.05) is 0 Å². The van der Waals surface area contributed by atoms with Crippen LogP contribution in [0.3, 0.4) is 0 Å². The summed E-state index contributed by atoms with van der Waals surface area (Å²) in [5.41, 5.74) is 0. The third kappa shape index (κ3) is 2.57. The fraction of sp³-hybridized carbons (Fsp3) is 0.500. The minimum absolute atomic E-state index is 0.0945. The first-order chi connectivity index (χ1) is 7.25. The largest absolute Gasteiger partial charge is 0.467 e. The van der Waals surface area contributed by atoms with Crippen LogP contribution in [0.5, 0.6) is 0 Å².